The van der Waals surface area contributed by atoms with E-state index in [2.05, 4.69) is 29.0 Å². The fourth-order valence-electron chi connectivity index (χ4n) is 5.89. The number of amides is 2. The van der Waals surface area contributed by atoms with Crippen molar-refractivity contribution in [1.29, 1.82) is 0 Å². The fraction of sp³-hybridized carbons (Fsp3) is 0.679. The van der Waals surface area contributed by atoms with Gasteiger partial charge in [0.15, 0.2) is 5.78 Å². The summed E-state index contributed by atoms with van der Waals surface area (Å²) in [5, 5.41) is 2.99. The number of ketones is 1. The molecule has 1 aromatic rings. The van der Waals surface area contributed by atoms with Crippen molar-refractivity contribution in [2.45, 2.75) is 65.1 Å². The van der Waals surface area contributed by atoms with Gasteiger partial charge >= 0.3 is 0 Å². The molecule has 4 atom stereocenters. The maximum atomic E-state index is 13.7. The van der Waals surface area contributed by atoms with Crippen molar-refractivity contribution in [2.24, 2.45) is 11.8 Å². The van der Waals surface area contributed by atoms with Crippen LogP contribution in [0.5, 0.6) is 0 Å². The third-order valence-corrected chi connectivity index (χ3v) is 7.86. The topological polar surface area (TPSA) is 82.2 Å². The molecule has 8 nitrogen and oxygen atoms in total. The summed E-state index contributed by atoms with van der Waals surface area (Å²) in [4.78, 5) is 45.9. The normalized spacial score (nSPS) is 25.4. The standard InChI is InChI=1S/C28H42N4O4/c1-5-7-21-17-32(25-24(33)18-36-26(21)25)28(35)23(16-19(3)4)29-27(34)20-8-10-22(11-9-20)31-14-12-30(6-2)13-15-31/h8-11,19,21,23,25-26H,5-7,12-18H2,1-4H3,(H,29,34)/t21-,23+,25-,26-/m1/s1. The Labute approximate surface area is 215 Å². The first-order valence-electron chi connectivity index (χ1n) is 13.6. The zero-order valence-corrected chi connectivity index (χ0v) is 22.2. The second kappa shape index (κ2) is 11.7. The molecule has 4 rings (SSSR count). The lowest BCUT2D eigenvalue weighted by atomic mass is 9.97. The highest BCUT2D eigenvalue weighted by Gasteiger charge is 2.52. The number of ether oxygens (including phenoxy) is 1. The van der Waals surface area contributed by atoms with Crippen LogP contribution in [0.15, 0.2) is 24.3 Å². The number of likely N-dealkylation sites (N-methyl/N-ethyl adjacent to an activating group) is 1. The summed E-state index contributed by atoms with van der Waals surface area (Å²) in [6.07, 6.45) is 2.19. The van der Waals surface area contributed by atoms with Crippen molar-refractivity contribution in [3.8, 4) is 0 Å². The van der Waals surface area contributed by atoms with E-state index >= 15 is 0 Å². The molecule has 0 aromatic heterocycles. The van der Waals surface area contributed by atoms with Crippen LogP contribution in [0.2, 0.25) is 0 Å². The molecule has 0 radical (unpaired) electrons. The fourth-order valence-corrected chi connectivity index (χ4v) is 5.89. The number of nitrogens with one attached hydrogen (secondary N) is 1. The lowest BCUT2D eigenvalue weighted by molar-refractivity contribution is -0.138. The van der Waals surface area contributed by atoms with E-state index in [0.717, 1.165) is 51.3 Å². The third-order valence-electron chi connectivity index (χ3n) is 7.86. The Morgan fingerprint density at radius 2 is 1.78 bits per heavy atom. The number of nitrogens with zero attached hydrogens (tertiary/aromatic N) is 3. The molecule has 3 fully saturated rings. The summed E-state index contributed by atoms with van der Waals surface area (Å²) in [5.74, 6) is -0.0839. The molecule has 8 heteroatoms. The molecule has 1 N–H and O–H groups in total. The predicted molar refractivity (Wildman–Crippen MR) is 140 cm³/mol. The third kappa shape index (κ3) is 5.75. The minimum atomic E-state index is -0.672. The molecule has 0 aliphatic carbocycles. The Morgan fingerprint density at radius 1 is 1.08 bits per heavy atom. The van der Waals surface area contributed by atoms with Crippen molar-refractivity contribution >= 4 is 23.3 Å². The number of carbonyl (C=O) groups is 3. The number of hydrogen-bond donors (Lipinski definition) is 1. The van der Waals surface area contributed by atoms with Gasteiger partial charge < -0.3 is 24.8 Å². The van der Waals surface area contributed by atoms with Crippen LogP contribution in [-0.4, -0.2) is 91.5 Å². The van der Waals surface area contributed by atoms with Gasteiger partial charge in [0.05, 0.1) is 6.10 Å². The van der Waals surface area contributed by atoms with E-state index in [1.807, 2.05) is 38.1 Å². The van der Waals surface area contributed by atoms with Gasteiger partial charge in [-0.3, -0.25) is 14.4 Å². The second-order valence-corrected chi connectivity index (χ2v) is 10.8. The van der Waals surface area contributed by atoms with Crippen LogP contribution in [0.4, 0.5) is 5.69 Å². The Hall–Kier alpha value is -2.45. The van der Waals surface area contributed by atoms with E-state index < -0.39 is 12.1 Å². The van der Waals surface area contributed by atoms with Crippen LogP contribution in [0.25, 0.3) is 0 Å². The molecule has 2 amide bonds. The first-order chi connectivity index (χ1) is 17.3. The highest BCUT2D eigenvalue weighted by atomic mass is 16.5. The molecule has 3 heterocycles. The highest BCUT2D eigenvalue weighted by Crippen LogP contribution is 2.35. The van der Waals surface area contributed by atoms with Gasteiger partial charge in [0.2, 0.25) is 5.91 Å². The van der Waals surface area contributed by atoms with E-state index in [1.54, 1.807) is 4.90 Å². The maximum absolute atomic E-state index is 13.7. The molecular formula is C28H42N4O4. The smallest absolute Gasteiger partial charge is 0.251 e. The summed E-state index contributed by atoms with van der Waals surface area (Å²) in [6.45, 7) is 14.1. The van der Waals surface area contributed by atoms with Gasteiger partial charge in [-0.05, 0) is 49.6 Å². The first kappa shape index (κ1) is 26.6. The van der Waals surface area contributed by atoms with Gasteiger partial charge in [-0.2, -0.15) is 0 Å². The highest BCUT2D eigenvalue weighted by molar-refractivity contribution is 5.99. The Morgan fingerprint density at radius 3 is 2.39 bits per heavy atom. The summed E-state index contributed by atoms with van der Waals surface area (Å²) in [5.41, 5.74) is 1.65. The summed E-state index contributed by atoms with van der Waals surface area (Å²) in [7, 11) is 0. The summed E-state index contributed by atoms with van der Waals surface area (Å²) in [6, 6.07) is 6.47. The van der Waals surface area contributed by atoms with Crippen molar-refractivity contribution < 1.29 is 19.1 Å². The van der Waals surface area contributed by atoms with Crippen molar-refractivity contribution in [3.05, 3.63) is 29.8 Å². The zero-order valence-electron chi connectivity index (χ0n) is 22.2. The van der Waals surface area contributed by atoms with E-state index in [4.69, 9.17) is 4.74 Å². The van der Waals surface area contributed by atoms with Crippen molar-refractivity contribution in [3.63, 3.8) is 0 Å². The average molecular weight is 499 g/mol. The maximum Gasteiger partial charge on any atom is 0.251 e. The molecule has 36 heavy (non-hydrogen) atoms. The largest absolute Gasteiger partial charge is 0.369 e. The number of benzene rings is 1. The molecule has 0 unspecified atom stereocenters. The molecule has 3 aliphatic rings. The van der Waals surface area contributed by atoms with Crippen LogP contribution >= 0.6 is 0 Å². The van der Waals surface area contributed by atoms with E-state index in [1.165, 1.54) is 0 Å². The van der Waals surface area contributed by atoms with Gasteiger partial charge in [-0.25, -0.2) is 0 Å². The lowest BCUT2D eigenvalue weighted by Gasteiger charge is -2.35. The monoisotopic (exact) mass is 498 g/mol. The van der Waals surface area contributed by atoms with Gasteiger partial charge in [0, 0.05) is 49.9 Å². The van der Waals surface area contributed by atoms with Crippen LogP contribution < -0.4 is 10.2 Å². The number of rotatable bonds is 9. The molecular weight excluding hydrogens is 456 g/mol. The molecule has 0 bridgehead atoms. The zero-order chi connectivity index (χ0) is 25.8. The SMILES string of the molecule is CCC[C@@H]1CN(C(=O)[C@H](CC(C)C)NC(=O)c2ccc(N3CCN(CC)CC3)cc2)[C@@H]2C(=O)CO[C@H]12. The van der Waals surface area contributed by atoms with Crippen LogP contribution in [0.3, 0.4) is 0 Å². The lowest BCUT2D eigenvalue weighted by Crippen LogP contribution is -2.52. The van der Waals surface area contributed by atoms with Gasteiger partial charge in [0.1, 0.15) is 18.7 Å². The predicted octanol–water partition coefficient (Wildman–Crippen LogP) is 2.57. The van der Waals surface area contributed by atoms with Gasteiger partial charge in [0.25, 0.3) is 5.91 Å². The number of likely N-dealkylation sites (tertiary alicyclic amines) is 1. The number of Topliss-reactive ketones (excluding diaryl/α,β-unsaturated/α-hetero) is 1. The number of anilines is 1. The van der Waals surface area contributed by atoms with Crippen LogP contribution in [0, 0.1) is 11.8 Å². The Balaban J connectivity index is 1.43. The second-order valence-electron chi connectivity index (χ2n) is 10.8. The Kier molecular flexibility index (Phi) is 8.67. The van der Waals surface area contributed by atoms with E-state index in [0.29, 0.717) is 18.5 Å². The number of piperazine rings is 1. The molecule has 3 saturated heterocycles. The number of hydrogen-bond acceptors (Lipinski definition) is 6. The first-order valence-corrected chi connectivity index (χ1v) is 13.6. The molecule has 0 spiro atoms. The molecule has 1 aromatic carbocycles. The number of carbonyl (C=O) groups excluding carboxylic acids is 3. The average Bonchev–Trinajstić information content (AvgIpc) is 3.44. The summed E-state index contributed by atoms with van der Waals surface area (Å²) < 4.78 is 5.78. The number of fused-ring (bicyclic) bond motifs is 1. The molecule has 3 aliphatic heterocycles. The summed E-state index contributed by atoms with van der Waals surface area (Å²) >= 11 is 0. The van der Waals surface area contributed by atoms with Gasteiger partial charge in [-0.1, -0.05) is 34.1 Å². The van der Waals surface area contributed by atoms with Gasteiger partial charge in [-0.15, -0.1) is 0 Å². The van der Waals surface area contributed by atoms with Crippen molar-refractivity contribution in [1.82, 2.24) is 15.1 Å². The Bertz CT molecular complexity index is 926. The minimum Gasteiger partial charge on any atom is -0.369 e. The molecule has 0 saturated carbocycles. The van der Waals surface area contributed by atoms with Crippen LogP contribution in [-0.2, 0) is 14.3 Å². The molecule has 198 valence electrons. The van der Waals surface area contributed by atoms with E-state index in [9.17, 15) is 14.4 Å². The van der Waals surface area contributed by atoms with E-state index in [-0.39, 0.29) is 42.1 Å². The quantitative estimate of drug-likeness (QED) is 0.564. The van der Waals surface area contributed by atoms with Crippen LogP contribution in [0.1, 0.15) is 57.3 Å². The minimum absolute atomic E-state index is 0.0306. The van der Waals surface area contributed by atoms with Crippen molar-refractivity contribution in [2.75, 3.05) is 50.8 Å².